The Morgan fingerprint density at radius 3 is 2.60 bits per heavy atom. The van der Waals surface area contributed by atoms with Crippen LogP contribution in [0.1, 0.15) is 36.2 Å². The molecule has 1 aliphatic rings. The molecule has 2 aromatic carbocycles. The van der Waals surface area contributed by atoms with Gasteiger partial charge in [-0.1, -0.05) is 27.5 Å². The smallest absolute Gasteiger partial charge is 0.251 e. The quantitative estimate of drug-likeness (QED) is 0.643. The number of hydrogen-bond acceptors (Lipinski definition) is 3. The maximum absolute atomic E-state index is 12.8. The summed E-state index contributed by atoms with van der Waals surface area (Å²) in [4.78, 5) is 39.2. The number of nitrogens with one attached hydrogen (secondary N) is 2. The first-order valence-corrected chi connectivity index (χ1v) is 10.8. The van der Waals surface area contributed by atoms with E-state index in [1.54, 1.807) is 23.1 Å². The predicted molar refractivity (Wildman–Crippen MR) is 122 cm³/mol. The molecular formula is C22H23BrClN3O3. The number of anilines is 2. The number of benzene rings is 2. The third kappa shape index (κ3) is 5.02. The van der Waals surface area contributed by atoms with Gasteiger partial charge in [-0.05, 0) is 62.7 Å². The molecule has 1 unspecified atom stereocenters. The lowest BCUT2D eigenvalue weighted by Crippen LogP contribution is -2.30. The molecule has 2 aromatic rings. The average Bonchev–Trinajstić information content (AvgIpc) is 3.07. The molecule has 158 valence electrons. The Balaban J connectivity index is 1.73. The topological polar surface area (TPSA) is 78.5 Å². The number of hydrogen-bond donors (Lipinski definition) is 2. The zero-order chi connectivity index (χ0) is 22.0. The summed E-state index contributed by atoms with van der Waals surface area (Å²) in [5.41, 5.74) is 2.53. The SMILES string of the molecule is Cc1cc(N2CC(C(=O)Nc3cc(C(=O)NC(C)C)ccc3Cl)CC2=O)ccc1Br. The first-order valence-electron chi connectivity index (χ1n) is 9.63. The van der Waals surface area contributed by atoms with Crippen molar-refractivity contribution in [3.05, 3.63) is 57.0 Å². The van der Waals surface area contributed by atoms with Crippen molar-refractivity contribution < 1.29 is 14.4 Å². The Morgan fingerprint density at radius 1 is 1.20 bits per heavy atom. The highest BCUT2D eigenvalue weighted by Crippen LogP contribution is 2.30. The highest BCUT2D eigenvalue weighted by Gasteiger charge is 2.35. The van der Waals surface area contributed by atoms with Crippen LogP contribution >= 0.6 is 27.5 Å². The molecule has 1 heterocycles. The van der Waals surface area contributed by atoms with Crippen LogP contribution in [0.5, 0.6) is 0 Å². The summed E-state index contributed by atoms with van der Waals surface area (Å²) in [5, 5.41) is 5.91. The standard InChI is InChI=1S/C22H23BrClN3O3/c1-12(2)25-21(29)14-4-7-18(24)19(9-14)26-22(30)15-10-20(28)27(11-15)16-5-6-17(23)13(3)8-16/h4-9,12,15H,10-11H2,1-3H3,(H,25,29)(H,26,30). The summed E-state index contributed by atoms with van der Waals surface area (Å²) in [6.07, 6.45) is 0.117. The van der Waals surface area contributed by atoms with Crippen LogP contribution in [0.15, 0.2) is 40.9 Å². The van der Waals surface area contributed by atoms with E-state index in [1.807, 2.05) is 39.0 Å². The molecule has 1 aliphatic heterocycles. The normalized spacial score (nSPS) is 16.1. The molecule has 1 saturated heterocycles. The van der Waals surface area contributed by atoms with Gasteiger partial charge in [-0.15, -0.1) is 0 Å². The Hall–Kier alpha value is -2.38. The van der Waals surface area contributed by atoms with E-state index in [0.29, 0.717) is 16.3 Å². The molecule has 3 rings (SSSR count). The molecule has 0 saturated carbocycles. The van der Waals surface area contributed by atoms with Crippen molar-refractivity contribution in [1.29, 1.82) is 0 Å². The van der Waals surface area contributed by atoms with E-state index in [0.717, 1.165) is 15.7 Å². The molecule has 0 spiro atoms. The minimum absolute atomic E-state index is 0.0102. The van der Waals surface area contributed by atoms with Crippen LogP contribution in [0.4, 0.5) is 11.4 Å². The lowest BCUT2D eigenvalue weighted by atomic mass is 10.1. The molecule has 6 nitrogen and oxygen atoms in total. The summed E-state index contributed by atoms with van der Waals surface area (Å²) in [6.45, 7) is 5.97. The maximum atomic E-state index is 12.8. The van der Waals surface area contributed by atoms with Crippen molar-refractivity contribution >= 4 is 56.6 Å². The zero-order valence-electron chi connectivity index (χ0n) is 17.0. The molecule has 1 atom stereocenters. The van der Waals surface area contributed by atoms with Crippen LogP contribution in [0.2, 0.25) is 5.02 Å². The number of carbonyl (C=O) groups excluding carboxylic acids is 3. The van der Waals surface area contributed by atoms with Crippen molar-refractivity contribution in [2.75, 3.05) is 16.8 Å². The summed E-state index contributed by atoms with van der Waals surface area (Å²) in [6, 6.07) is 10.4. The van der Waals surface area contributed by atoms with E-state index in [2.05, 4.69) is 26.6 Å². The lowest BCUT2D eigenvalue weighted by molar-refractivity contribution is -0.122. The van der Waals surface area contributed by atoms with Gasteiger partial charge < -0.3 is 15.5 Å². The number of carbonyl (C=O) groups is 3. The van der Waals surface area contributed by atoms with Crippen molar-refractivity contribution in [3.63, 3.8) is 0 Å². The first-order chi connectivity index (χ1) is 14.2. The lowest BCUT2D eigenvalue weighted by Gasteiger charge is -2.18. The third-order valence-corrected chi connectivity index (χ3v) is 6.07. The van der Waals surface area contributed by atoms with E-state index < -0.39 is 5.92 Å². The fourth-order valence-corrected chi connectivity index (χ4v) is 3.68. The van der Waals surface area contributed by atoms with E-state index >= 15 is 0 Å². The number of amides is 3. The molecule has 3 amide bonds. The highest BCUT2D eigenvalue weighted by atomic mass is 79.9. The van der Waals surface area contributed by atoms with Crippen LogP contribution in [-0.4, -0.2) is 30.3 Å². The second-order valence-corrected chi connectivity index (χ2v) is 8.91. The fraction of sp³-hybridized carbons (Fsp3) is 0.318. The molecule has 30 heavy (non-hydrogen) atoms. The second kappa shape index (κ2) is 9.18. The minimum atomic E-state index is -0.509. The third-order valence-electron chi connectivity index (χ3n) is 4.86. The Kier molecular flexibility index (Phi) is 6.83. The monoisotopic (exact) mass is 491 g/mol. The van der Waals surface area contributed by atoms with Crippen molar-refractivity contribution in [3.8, 4) is 0 Å². The first kappa shape index (κ1) is 22.3. The maximum Gasteiger partial charge on any atom is 0.251 e. The van der Waals surface area contributed by atoms with Gasteiger partial charge >= 0.3 is 0 Å². The van der Waals surface area contributed by atoms with Crippen molar-refractivity contribution in [2.45, 2.75) is 33.2 Å². The van der Waals surface area contributed by atoms with Crippen LogP contribution in [0.25, 0.3) is 0 Å². The van der Waals surface area contributed by atoms with E-state index in [4.69, 9.17) is 11.6 Å². The van der Waals surface area contributed by atoms with Crippen LogP contribution < -0.4 is 15.5 Å². The summed E-state index contributed by atoms with van der Waals surface area (Å²) in [5.74, 6) is -1.16. The van der Waals surface area contributed by atoms with Gasteiger partial charge in [0.2, 0.25) is 11.8 Å². The summed E-state index contributed by atoms with van der Waals surface area (Å²) in [7, 11) is 0. The summed E-state index contributed by atoms with van der Waals surface area (Å²) < 4.78 is 0.961. The number of halogens is 2. The van der Waals surface area contributed by atoms with Gasteiger partial charge in [-0.2, -0.15) is 0 Å². The fourth-order valence-electron chi connectivity index (χ4n) is 3.27. The molecule has 0 radical (unpaired) electrons. The van der Waals surface area contributed by atoms with Crippen molar-refractivity contribution in [2.24, 2.45) is 5.92 Å². The van der Waals surface area contributed by atoms with E-state index in [9.17, 15) is 14.4 Å². The number of rotatable bonds is 5. The minimum Gasteiger partial charge on any atom is -0.350 e. The molecular weight excluding hydrogens is 470 g/mol. The zero-order valence-corrected chi connectivity index (χ0v) is 19.3. The number of aryl methyl sites for hydroxylation is 1. The molecule has 0 aromatic heterocycles. The van der Waals surface area contributed by atoms with E-state index in [-0.39, 0.29) is 36.7 Å². The average molecular weight is 493 g/mol. The Labute approximate surface area is 189 Å². The van der Waals surface area contributed by atoms with Crippen molar-refractivity contribution in [1.82, 2.24) is 5.32 Å². The van der Waals surface area contributed by atoms with Crippen LogP contribution in [0.3, 0.4) is 0 Å². The molecule has 1 fully saturated rings. The van der Waals surface area contributed by atoms with Crippen LogP contribution in [-0.2, 0) is 9.59 Å². The van der Waals surface area contributed by atoms with Gasteiger partial charge in [0.05, 0.1) is 16.6 Å². The van der Waals surface area contributed by atoms with Gasteiger partial charge in [-0.25, -0.2) is 0 Å². The van der Waals surface area contributed by atoms with Gasteiger partial charge in [0, 0.05) is 34.7 Å². The number of nitrogens with zero attached hydrogens (tertiary/aromatic N) is 1. The molecule has 2 N–H and O–H groups in total. The van der Waals surface area contributed by atoms with Gasteiger partial charge in [-0.3, -0.25) is 14.4 Å². The van der Waals surface area contributed by atoms with E-state index in [1.165, 1.54) is 0 Å². The molecule has 0 aliphatic carbocycles. The molecule has 0 bridgehead atoms. The summed E-state index contributed by atoms with van der Waals surface area (Å²) >= 11 is 9.67. The van der Waals surface area contributed by atoms with Gasteiger partial charge in [0.1, 0.15) is 0 Å². The highest BCUT2D eigenvalue weighted by molar-refractivity contribution is 9.10. The van der Waals surface area contributed by atoms with Gasteiger partial charge in [0.25, 0.3) is 5.91 Å². The Morgan fingerprint density at radius 2 is 1.93 bits per heavy atom. The Bertz CT molecular complexity index is 1010. The molecule has 8 heteroatoms. The second-order valence-electron chi connectivity index (χ2n) is 7.65. The van der Waals surface area contributed by atoms with Gasteiger partial charge in [0.15, 0.2) is 0 Å². The largest absolute Gasteiger partial charge is 0.350 e. The van der Waals surface area contributed by atoms with Crippen LogP contribution in [0, 0.1) is 12.8 Å². The predicted octanol–water partition coefficient (Wildman–Crippen LogP) is 4.54.